The van der Waals surface area contributed by atoms with Crippen molar-refractivity contribution in [2.75, 3.05) is 54.5 Å². The van der Waals surface area contributed by atoms with Crippen LogP contribution in [0, 0.1) is 28.4 Å². The molecule has 0 unspecified atom stereocenters. The highest BCUT2D eigenvalue weighted by Gasteiger charge is 2.51. The molecule has 3 aromatic carbocycles. The number of aromatic nitrogens is 2. The summed E-state index contributed by atoms with van der Waals surface area (Å²) in [5.41, 5.74) is 4.81. The number of amides is 1. The van der Waals surface area contributed by atoms with Crippen molar-refractivity contribution < 1.29 is 32.7 Å². The van der Waals surface area contributed by atoms with Gasteiger partial charge in [0.2, 0.25) is 5.88 Å². The largest absolute Gasteiger partial charge is 0.468 e. The Balaban J connectivity index is 0.875. The number of nitro benzene ring substituents is 1. The van der Waals surface area contributed by atoms with Gasteiger partial charge in [-0.25, -0.2) is 13.1 Å². The lowest BCUT2D eigenvalue weighted by molar-refractivity contribution is -0.384. The minimum atomic E-state index is -4.59. The third-order valence-electron chi connectivity index (χ3n) is 16.6. The molecule has 2 saturated carbocycles. The Morgan fingerprint density at radius 3 is 2.54 bits per heavy atom. The van der Waals surface area contributed by atoms with Crippen molar-refractivity contribution in [3.8, 4) is 5.88 Å². The summed E-state index contributed by atoms with van der Waals surface area (Å²) < 4.78 is 43.0. The standard InChI is InChI=1S/C53H64N8O8S/c1-34-8-6-7-11-40(34)47-31-52(2,63)18-24-59(47)38-29-53(30-38)19-22-58(23-20-53)37-12-14-41(44(27-37)60-43-17-25-68-33-48(43)69-51-46(60)26-36-16-21-54-49(36)56-51)50(62)57-70(66,67)39-13-15-42(45(28-39)61(64)65)55-32-35-9-4-3-5-10-35/h6-8,11-16,21,26-28,35,38,43,47-48,55,63H,3-5,9-10,17-20,22-25,29-33H2,1-2H3,(H,54,56)(H,57,62)/t43-,47-,48-,52-/m0/s1. The first-order chi connectivity index (χ1) is 33.7. The van der Waals surface area contributed by atoms with E-state index in [1.54, 1.807) is 6.07 Å². The van der Waals surface area contributed by atoms with Crippen LogP contribution >= 0.6 is 0 Å². The number of benzene rings is 3. The molecule has 11 rings (SSSR count). The van der Waals surface area contributed by atoms with Gasteiger partial charge in [0, 0.05) is 68.2 Å². The number of aromatic amines is 1. The average molecular weight is 973 g/mol. The number of carbonyl (C=O) groups excluding carboxylic acids is 1. The number of nitrogens with zero attached hydrogens (tertiary/aromatic N) is 5. The lowest BCUT2D eigenvalue weighted by atomic mass is 9.59. The molecule has 0 bridgehead atoms. The van der Waals surface area contributed by atoms with Crippen LogP contribution in [0.15, 0.2) is 83.9 Å². The highest BCUT2D eigenvalue weighted by Crippen LogP contribution is 2.55. The van der Waals surface area contributed by atoms with Crippen molar-refractivity contribution in [1.82, 2.24) is 19.6 Å². The third-order valence-corrected chi connectivity index (χ3v) is 17.9. The normalized spacial score (nSPS) is 25.2. The molecule has 4 N–H and O–H groups in total. The Kier molecular flexibility index (Phi) is 12.3. The van der Waals surface area contributed by atoms with Crippen LogP contribution in [0.3, 0.4) is 0 Å². The Bertz CT molecular complexity index is 2900. The van der Waals surface area contributed by atoms with Crippen LogP contribution in [0.25, 0.3) is 11.0 Å². The minimum Gasteiger partial charge on any atom is -0.468 e. The molecule has 3 saturated heterocycles. The Hall–Kier alpha value is -5.75. The summed E-state index contributed by atoms with van der Waals surface area (Å²) in [4.78, 5) is 41.2. The Morgan fingerprint density at radius 1 is 0.957 bits per heavy atom. The SMILES string of the molecule is Cc1ccccc1[C@@H]1C[C@@](C)(O)CCN1C1CC2(CCN(c3ccc(C(=O)NS(=O)(=O)c4ccc(NCC5CCCCC5)c([N+](=O)[O-])c4)c(N4c5cc6cc[nH]c6nc5O[C@H]5COCC[C@@H]54)c3)CC2)C1. The van der Waals surface area contributed by atoms with Crippen molar-refractivity contribution in [3.05, 3.63) is 106 Å². The predicted molar refractivity (Wildman–Crippen MR) is 269 cm³/mol. The number of pyridine rings is 1. The predicted octanol–water partition coefficient (Wildman–Crippen LogP) is 8.92. The number of piperidine rings is 2. The molecule has 2 aliphatic carbocycles. The summed E-state index contributed by atoms with van der Waals surface area (Å²) in [6.07, 6.45) is 13.2. The highest BCUT2D eigenvalue weighted by atomic mass is 32.2. The third kappa shape index (κ3) is 8.98. The number of ether oxygens (including phenoxy) is 2. The second-order valence-corrected chi connectivity index (χ2v) is 22.9. The molecule has 370 valence electrons. The molecule has 17 heteroatoms. The summed E-state index contributed by atoms with van der Waals surface area (Å²) in [6, 6.07) is 22.2. The topological polar surface area (TPSA) is 196 Å². The molecular formula is C53H64N8O8S. The van der Waals surface area contributed by atoms with E-state index in [1.807, 2.05) is 37.4 Å². The Labute approximate surface area is 409 Å². The number of likely N-dealkylation sites (tertiary alicyclic amines) is 1. The van der Waals surface area contributed by atoms with E-state index in [2.05, 4.69) is 60.9 Å². The zero-order valence-corrected chi connectivity index (χ0v) is 40.9. The summed E-state index contributed by atoms with van der Waals surface area (Å²) in [5.74, 6) is -0.100. The van der Waals surface area contributed by atoms with Crippen molar-refractivity contribution in [1.29, 1.82) is 0 Å². The van der Waals surface area contributed by atoms with E-state index in [-0.39, 0.29) is 39.3 Å². The number of hydrogen-bond donors (Lipinski definition) is 4. The number of aliphatic hydroxyl groups is 1. The maximum atomic E-state index is 14.7. The van der Waals surface area contributed by atoms with Crippen LogP contribution in [0.1, 0.15) is 112 Å². The van der Waals surface area contributed by atoms with Crippen molar-refractivity contribution >= 4 is 55.4 Å². The molecule has 5 fully saturated rings. The number of fused-ring (bicyclic) bond motifs is 3. The number of H-pyrrole nitrogens is 1. The molecule has 1 amide bonds. The summed E-state index contributed by atoms with van der Waals surface area (Å²) in [7, 11) is -4.59. The zero-order chi connectivity index (χ0) is 48.4. The number of carbonyl (C=O) groups is 1. The highest BCUT2D eigenvalue weighted by molar-refractivity contribution is 7.90. The van der Waals surface area contributed by atoms with Gasteiger partial charge in [-0.1, -0.05) is 43.5 Å². The van der Waals surface area contributed by atoms with Gasteiger partial charge in [-0.15, -0.1) is 0 Å². The molecule has 2 aromatic heterocycles. The number of nitrogens with one attached hydrogen (secondary N) is 3. The average Bonchev–Trinajstić information content (AvgIpc) is 3.81. The molecule has 6 aliphatic rings. The first-order valence-corrected chi connectivity index (χ1v) is 26.8. The number of sulfonamides is 1. The molecule has 1 spiro atoms. The first kappa shape index (κ1) is 46.6. The summed E-state index contributed by atoms with van der Waals surface area (Å²) >= 11 is 0. The number of nitro groups is 1. The maximum absolute atomic E-state index is 14.7. The van der Waals surface area contributed by atoms with Gasteiger partial charge in [0.25, 0.3) is 21.6 Å². The first-order valence-electron chi connectivity index (χ1n) is 25.3. The van der Waals surface area contributed by atoms with Gasteiger partial charge >= 0.3 is 0 Å². The summed E-state index contributed by atoms with van der Waals surface area (Å²) in [5, 5.41) is 27.6. The number of aryl methyl sites for hydroxylation is 1. The lowest BCUT2D eigenvalue weighted by Gasteiger charge is -2.58. The molecule has 0 radical (unpaired) electrons. The van der Waals surface area contributed by atoms with E-state index in [9.17, 15) is 28.4 Å². The smallest absolute Gasteiger partial charge is 0.293 e. The van der Waals surface area contributed by atoms with Gasteiger partial charge < -0.3 is 34.7 Å². The van der Waals surface area contributed by atoms with Crippen LogP contribution in [-0.2, 0) is 14.8 Å². The van der Waals surface area contributed by atoms with Gasteiger partial charge in [0.1, 0.15) is 23.1 Å². The number of rotatable bonds is 11. The fourth-order valence-electron chi connectivity index (χ4n) is 12.6. The van der Waals surface area contributed by atoms with E-state index in [0.717, 1.165) is 101 Å². The molecule has 70 heavy (non-hydrogen) atoms. The molecular weight excluding hydrogens is 909 g/mol. The van der Waals surface area contributed by atoms with Crippen molar-refractivity contribution in [3.63, 3.8) is 0 Å². The van der Waals surface area contributed by atoms with E-state index in [4.69, 9.17) is 14.5 Å². The van der Waals surface area contributed by atoms with Gasteiger partial charge in [-0.3, -0.25) is 19.8 Å². The number of anilines is 4. The molecule has 6 heterocycles. The second kappa shape index (κ2) is 18.5. The summed E-state index contributed by atoms with van der Waals surface area (Å²) in [6.45, 7) is 7.99. The van der Waals surface area contributed by atoms with Crippen LogP contribution in [-0.4, -0.2) is 102 Å². The van der Waals surface area contributed by atoms with Gasteiger partial charge in [0.15, 0.2) is 0 Å². The monoisotopic (exact) mass is 972 g/mol. The molecule has 4 aliphatic heterocycles. The minimum absolute atomic E-state index is 0.124. The molecule has 4 atom stereocenters. The van der Waals surface area contributed by atoms with E-state index < -0.39 is 32.6 Å². The maximum Gasteiger partial charge on any atom is 0.293 e. The van der Waals surface area contributed by atoms with Gasteiger partial charge in [-0.05, 0) is 137 Å². The lowest BCUT2D eigenvalue weighted by Crippen LogP contribution is -2.58. The quantitative estimate of drug-likeness (QED) is 0.0725. The van der Waals surface area contributed by atoms with Crippen LogP contribution < -0.4 is 24.6 Å². The number of hydrogen-bond acceptors (Lipinski definition) is 13. The van der Waals surface area contributed by atoms with Crippen molar-refractivity contribution in [2.45, 2.75) is 126 Å². The van der Waals surface area contributed by atoms with Crippen LogP contribution in [0.2, 0.25) is 0 Å². The van der Waals surface area contributed by atoms with E-state index in [1.165, 1.54) is 29.7 Å². The Morgan fingerprint density at radius 2 is 1.76 bits per heavy atom. The molecule has 5 aromatic rings. The van der Waals surface area contributed by atoms with E-state index in [0.29, 0.717) is 61.0 Å². The van der Waals surface area contributed by atoms with Crippen LogP contribution in [0.4, 0.5) is 28.4 Å². The van der Waals surface area contributed by atoms with Gasteiger partial charge in [-0.2, -0.15) is 4.98 Å². The van der Waals surface area contributed by atoms with Crippen LogP contribution in [0.5, 0.6) is 5.88 Å². The second-order valence-electron chi connectivity index (χ2n) is 21.3. The zero-order valence-electron chi connectivity index (χ0n) is 40.1. The molecule has 16 nitrogen and oxygen atoms in total. The fraction of sp³-hybridized carbons (Fsp3) is 0.509. The van der Waals surface area contributed by atoms with Crippen molar-refractivity contribution in [2.24, 2.45) is 11.3 Å². The fourth-order valence-corrected chi connectivity index (χ4v) is 13.6. The van der Waals surface area contributed by atoms with E-state index >= 15 is 0 Å². The van der Waals surface area contributed by atoms with Gasteiger partial charge in [0.05, 0.1) is 39.3 Å².